The number of hydrogen-bond donors (Lipinski definition) is 0. The van der Waals surface area contributed by atoms with Gasteiger partial charge in [0, 0.05) is 18.4 Å². The lowest BCUT2D eigenvalue weighted by atomic mass is 10.2. The highest BCUT2D eigenvalue weighted by Gasteiger charge is 2.17. The van der Waals surface area contributed by atoms with Crippen molar-refractivity contribution in [2.45, 2.75) is 13.0 Å². The Labute approximate surface area is 96.4 Å². The normalized spacial score (nSPS) is 12.3. The molecule has 1 aromatic heterocycles. The van der Waals surface area contributed by atoms with Crippen molar-refractivity contribution in [1.29, 1.82) is 0 Å². The van der Waals surface area contributed by atoms with Crippen molar-refractivity contribution in [2.24, 2.45) is 0 Å². The van der Waals surface area contributed by atoms with E-state index in [1.165, 1.54) is 12.1 Å². The predicted molar refractivity (Wildman–Crippen MR) is 59.5 cm³/mol. The third kappa shape index (κ3) is 2.99. The Morgan fingerprint density at radius 1 is 1.67 bits per heavy atom. The maximum atomic E-state index is 12.6. The Balaban J connectivity index is 2.80. The molecule has 1 aromatic rings. The Morgan fingerprint density at radius 3 is 2.80 bits per heavy atom. The molecule has 82 valence electrons. The second-order valence-electron chi connectivity index (χ2n) is 3.28. The SMILES string of the molecule is CC(CBr)N(C)C(=O)c1ccc(F)cn1. The molecule has 1 atom stereocenters. The van der Waals surface area contributed by atoms with E-state index in [4.69, 9.17) is 0 Å². The third-order valence-electron chi connectivity index (χ3n) is 2.15. The van der Waals surface area contributed by atoms with Gasteiger partial charge in [-0.15, -0.1) is 0 Å². The lowest BCUT2D eigenvalue weighted by molar-refractivity contribution is 0.0752. The smallest absolute Gasteiger partial charge is 0.272 e. The van der Waals surface area contributed by atoms with Crippen molar-refractivity contribution in [3.8, 4) is 0 Å². The zero-order valence-corrected chi connectivity index (χ0v) is 10.2. The number of amides is 1. The summed E-state index contributed by atoms with van der Waals surface area (Å²) in [6.45, 7) is 1.91. The summed E-state index contributed by atoms with van der Waals surface area (Å²) in [7, 11) is 1.69. The van der Waals surface area contributed by atoms with E-state index in [9.17, 15) is 9.18 Å². The summed E-state index contributed by atoms with van der Waals surface area (Å²) in [6, 6.07) is 2.69. The number of carbonyl (C=O) groups excluding carboxylic acids is 1. The fraction of sp³-hybridized carbons (Fsp3) is 0.400. The molecule has 0 aliphatic rings. The molecule has 0 N–H and O–H groups in total. The van der Waals surface area contributed by atoms with Gasteiger partial charge in [-0.2, -0.15) is 0 Å². The number of alkyl halides is 1. The monoisotopic (exact) mass is 274 g/mol. The van der Waals surface area contributed by atoms with Crippen LogP contribution in [0.25, 0.3) is 0 Å². The molecule has 0 fully saturated rings. The van der Waals surface area contributed by atoms with E-state index in [1.54, 1.807) is 11.9 Å². The summed E-state index contributed by atoms with van der Waals surface area (Å²) in [5, 5.41) is 0.691. The minimum atomic E-state index is -0.442. The van der Waals surface area contributed by atoms with Gasteiger partial charge in [0.05, 0.1) is 6.20 Å². The zero-order chi connectivity index (χ0) is 11.4. The first-order chi connectivity index (χ1) is 7.06. The van der Waals surface area contributed by atoms with Crippen LogP contribution < -0.4 is 0 Å². The third-order valence-corrected chi connectivity index (χ3v) is 3.09. The number of carbonyl (C=O) groups is 1. The molecule has 0 saturated carbocycles. The maximum absolute atomic E-state index is 12.6. The van der Waals surface area contributed by atoms with Crippen molar-refractivity contribution >= 4 is 21.8 Å². The van der Waals surface area contributed by atoms with Crippen LogP contribution in [0.2, 0.25) is 0 Å². The highest BCUT2D eigenvalue weighted by atomic mass is 79.9. The van der Waals surface area contributed by atoms with E-state index in [2.05, 4.69) is 20.9 Å². The van der Waals surface area contributed by atoms with Gasteiger partial charge in [0.1, 0.15) is 11.5 Å². The fourth-order valence-electron chi connectivity index (χ4n) is 0.987. The maximum Gasteiger partial charge on any atom is 0.272 e. The topological polar surface area (TPSA) is 33.2 Å². The number of pyridine rings is 1. The molecule has 0 aromatic carbocycles. The molecule has 1 rings (SSSR count). The number of aromatic nitrogens is 1. The Kier molecular flexibility index (Phi) is 4.20. The van der Waals surface area contributed by atoms with Crippen LogP contribution in [0.4, 0.5) is 4.39 Å². The van der Waals surface area contributed by atoms with Crippen LogP contribution in [0.3, 0.4) is 0 Å². The molecule has 0 spiro atoms. The van der Waals surface area contributed by atoms with E-state index >= 15 is 0 Å². The summed E-state index contributed by atoms with van der Waals surface area (Å²) in [6.07, 6.45) is 1.04. The van der Waals surface area contributed by atoms with Crippen molar-refractivity contribution in [2.75, 3.05) is 12.4 Å². The fourth-order valence-corrected chi connectivity index (χ4v) is 1.42. The Bertz CT molecular complexity index is 342. The Morgan fingerprint density at radius 2 is 2.33 bits per heavy atom. The van der Waals surface area contributed by atoms with Crippen LogP contribution in [0.5, 0.6) is 0 Å². The van der Waals surface area contributed by atoms with E-state index in [-0.39, 0.29) is 17.6 Å². The summed E-state index contributed by atoms with van der Waals surface area (Å²) < 4.78 is 12.6. The number of hydrogen-bond acceptors (Lipinski definition) is 2. The molecule has 3 nitrogen and oxygen atoms in total. The zero-order valence-electron chi connectivity index (χ0n) is 8.58. The molecule has 1 heterocycles. The van der Waals surface area contributed by atoms with Crippen molar-refractivity contribution in [3.63, 3.8) is 0 Å². The van der Waals surface area contributed by atoms with Gasteiger partial charge in [0.25, 0.3) is 5.91 Å². The van der Waals surface area contributed by atoms with Gasteiger partial charge < -0.3 is 4.90 Å². The van der Waals surface area contributed by atoms with Gasteiger partial charge in [-0.05, 0) is 19.1 Å². The molecule has 5 heteroatoms. The van der Waals surface area contributed by atoms with Crippen LogP contribution in [0, 0.1) is 5.82 Å². The average molecular weight is 275 g/mol. The van der Waals surface area contributed by atoms with Gasteiger partial charge in [-0.3, -0.25) is 4.79 Å². The standard InChI is InChI=1S/C10H12BrFN2O/c1-7(5-11)14(2)10(15)9-4-3-8(12)6-13-9/h3-4,6-7H,5H2,1-2H3. The first-order valence-electron chi connectivity index (χ1n) is 4.51. The van der Waals surface area contributed by atoms with Crippen LogP contribution >= 0.6 is 15.9 Å². The first-order valence-corrected chi connectivity index (χ1v) is 5.63. The minimum absolute atomic E-state index is 0.0735. The van der Waals surface area contributed by atoms with Crippen LogP contribution in [0.15, 0.2) is 18.3 Å². The second kappa shape index (κ2) is 5.21. The van der Waals surface area contributed by atoms with Crippen molar-refractivity contribution in [3.05, 3.63) is 29.8 Å². The van der Waals surface area contributed by atoms with Gasteiger partial charge >= 0.3 is 0 Å². The minimum Gasteiger partial charge on any atom is -0.337 e. The van der Waals surface area contributed by atoms with E-state index < -0.39 is 5.82 Å². The number of rotatable bonds is 3. The van der Waals surface area contributed by atoms with Crippen molar-refractivity contribution < 1.29 is 9.18 Å². The Hall–Kier alpha value is -0.970. The van der Waals surface area contributed by atoms with E-state index in [0.29, 0.717) is 5.33 Å². The van der Waals surface area contributed by atoms with Crippen LogP contribution in [0.1, 0.15) is 17.4 Å². The summed E-state index contributed by atoms with van der Waals surface area (Å²) in [5.74, 6) is -0.648. The van der Waals surface area contributed by atoms with E-state index in [0.717, 1.165) is 6.20 Å². The number of halogens is 2. The van der Waals surface area contributed by atoms with Crippen LogP contribution in [-0.2, 0) is 0 Å². The van der Waals surface area contributed by atoms with Gasteiger partial charge in [0.2, 0.25) is 0 Å². The largest absolute Gasteiger partial charge is 0.337 e. The number of nitrogens with zero attached hydrogens (tertiary/aromatic N) is 2. The van der Waals surface area contributed by atoms with E-state index in [1.807, 2.05) is 6.92 Å². The summed E-state index contributed by atoms with van der Waals surface area (Å²) in [5.41, 5.74) is 0.256. The van der Waals surface area contributed by atoms with Crippen molar-refractivity contribution in [1.82, 2.24) is 9.88 Å². The molecule has 0 aliphatic heterocycles. The molecule has 15 heavy (non-hydrogen) atoms. The molecule has 1 amide bonds. The average Bonchev–Trinajstić information content (AvgIpc) is 2.27. The lowest BCUT2D eigenvalue weighted by Crippen LogP contribution is -2.36. The molecule has 0 radical (unpaired) electrons. The second-order valence-corrected chi connectivity index (χ2v) is 3.93. The molecular formula is C10H12BrFN2O. The molecule has 0 aliphatic carbocycles. The lowest BCUT2D eigenvalue weighted by Gasteiger charge is -2.22. The highest BCUT2D eigenvalue weighted by Crippen LogP contribution is 2.06. The summed E-state index contributed by atoms with van der Waals surface area (Å²) in [4.78, 5) is 17.1. The first kappa shape index (κ1) is 12.1. The van der Waals surface area contributed by atoms with Gasteiger partial charge in [-0.1, -0.05) is 15.9 Å². The van der Waals surface area contributed by atoms with Gasteiger partial charge in [0.15, 0.2) is 0 Å². The highest BCUT2D eigenvalue weighted by molar-refractivity contribution is 9.09. The summed E-state index contributed by atoms with van der Waals surface area (Å²) >= 11 is 3.29. The van der Waals surface area contributed by atoms with Crippen LogP contribution in [-0.4, -0.2) is 34.2 Å². The quantitative estimate of drug-likeness (QED) is 0.791. The molecule has 0 bridgehead atoms. The molecule has 1 unspecified atom stereocenters. The van der Waals surface area contributed by atoms with Gasteiger partial charge in [-0.25, -0.2) is 9.37 Å². The molecular weight excluding hydrogens is 263 g/mol. The molecule has 0 saturated heterocycles. The predicted octanol–water partition coefficient (Wildman–Crippen LogP) is 2.08.